The first-order valence-electron chi connectivity index (χ1n) is 14.0. The zero-order chi connectivity index (χ0) is 29.0. The van der Waals surface area contributed by atoms with Crippen molar-refractivity contribution >= 4 is 34.9 Å². The Morgan fingerprint density at radius 3 is 2.17 bits per heavy atom. The van der Waals surface area contributed by atoms with Gasteiger partial charge >= 0.3 is 5.97 Å². The lowest BCUT2D eigenvalue weighted by Crippen LogP contribution is -2.26. The molecule has 7 heteroatoms. The van der Waals surface area contributed by atoms with E-state index < -0.39 is 5.97 Å². The molecule has 0 unspecified atom stereocenters. The van der Waals surface area contributed by atoms with Gasteiger partial charge in [-0.25, -0.2) is 0 Å². The fourth-order valence-corrected chi connectivity index (χ4v) is 4.60. The molecule has 1 amide bonds. The standard InChI is InChI=1S/C34H38N2O5/c1-35(2)32(37)25-36-24-28(11-9-15-33(38)39)31-14-8-10-27(34(31)36)19-16-26-17-20-30(21-18-26)41-23-7-6-22-40-29-12-4-3-5-13-29/h3-5,8,10,12-14,16-21,24H,6-7,9,11,15,22-23,25H2,1-2H3,(H,38,39). The van der Waals surface area contributed by atoms with Gasteiger partial charge in [-0.15, -0.1) is 0 Å². The Morgan fingerprint density at radius 1 is 0.829 bits per heavy atom. The highest BCUT2D eigenvalue weighted by Crippen LogP contribution is 2.28. The quantitative estimate of drug-likeness (QED) is 0.133. The summed E-state index contributed by atoms with van der Waals surface area (Å²) in [6.45, 7) is 1.52. The monoisotopic (exact) mass is 554 g/mol. The van der Waals surface area contributed by atoms with Gasteiger partial charge in [-0.05, 0) is 66.6 Å². The molecule has 4 rings (SSSR count). The molecule has 0 spiro atoms. The molecule has 0 fully saturated rings. The molecule has 0 aliphatic carbocycles. The number of hydrogen-bond acceptors (Lipinski definition) is 4. The zero-order valence-electron chi connectivity index (χ0n) is 23.8. The SMILES string of the molecule is CN(C)C(=O)Cn1cc(CCCC(=O)O)c2cccc(C=Cc3ccc(OCCCCOc4ccccc4)cc3)c21. The van der Waals surface area contributed by atoms with Gasteiger partial charge in [0.25, 0.3) is 0 Å². The van der Waals surface area contributed by atoms with Crippen LogP contribution in [0.5, 0.6) is 11.5 Å². The van der Waals surface area contributed by atoms with Gasteiger partial charge in [0.15, 0.2) is 0 Å². The molecular formula is C34H38N2O5. The second-order valence-electron chi connectivity index (χ2n) is 10.2. The maximum Gasteiger partial charge on any atom is 0.303 e. The van der Waals surface area contributed by atoms with Crippen molar-refractivity contribution in [3.63, 3.8) is 0 Å². The summed E-state index contributed by atoms with van der Waals surface area (Å²) >= 11 is 0. The van der Waals surface area contributed by atoms with Gasteiger partial charge in [-0.2, -0.15) is 0 Å². The van der Waals surface area contributed by atoms with Crippen LogP contribution in [-0.2, 0) is 22.6 Å². The minimum absolute atomic E-state index is 0.00271. The highest BCUT2D eigenvalue weighted by Gasteiger charge is 2.15. The molecule has 214 valence electrons. The summed E-state index contributed by atoms with van der Waals surface area (Å²) in [6, 6.07) is 23.9. The van der Waals surface area contributed by atoms with Crippen LogP contribution in [0.25, 0.3) is 23.1 Å². The summed E-state index contributed by atoms with van der Waals surface area (Å²) in [7, 11) is 3.49. The van der Waals surface area contributed by atoms with Crippen LogP contribution in [0.2, 0.25) is 0 Å². The van der Waals surface area contributed by atoms with Crippen molar-refractivity contribution in [2.75, 3.05) is 27.3 Å². The first-order chi connectivity index (χ1) is 19.9. The summed E-state index contributed by atoms with van der Waals surface area (Å²) in [5, 5.41) is 10.1. The topological polar surface area (TPSA) is 81.0 Å². The Morgan fingerprint density at radius 2 is 1.51 bits per heavy atom. The number of ether oxygens (including phenoxy) is 2. The predicted octanol–water partition coefficient (Wildman–Crippen LogP) is 6.55. The first-order valence-corrected chi connectivity index (χ1v) is 14.0. The molecule has 0 bridgehead atoms. The van der Waals surface area contributed by atoms with Crippen LogP contribution in [0.3, 0.4) is 0 Å². The van der Waals surface area contributed by atoms with Crippen molar-refractivity contribution in [1.29, 1.82) is 0 Å². The molecule has 1 aromatic heterocycles. The minimum atomic E-state index is -0.801. The lowest BCUT2D eigenvalue weighted by molar-refractivity contribution is -0.137. The van der Waals surface area contributed by atoms with Crippen LogP contribution in [0.4, 0.5) is 0 Å². The van der Waals surface area contributed by atoms with E-state index in [0.29, 0.717) is 26.1 Å². The van der Waals surface area contributed by atoms with Crippen molar-refractivity contribution in [3.05, 3.63) is 95.7 Å². The summed E-state index contributed by atoms with van der Waals surface area (Å²) in [4.78, 5) is 25.2. The van der Waals surface area contributed by atoms with E-state index in [1.165, 1.54) is 0 Å². The third-order valence-corrected chi connectivity index (χ3v) is 6.81. The van der Waals surface area contributed by atoms with Crippen LogP contribution in [0, 0.1) is 0 Å². The minimum Gasteiger partial charge on any atom is -0.494 e. The number of nitrogens with zero attached hydrogens (tertiary/aromatic N) is 2. The van der Waals surface area contributed by atoms with Gasteiger partial charge in [0, 0.05) is 32.1 Å². The van der Waals surface area contributed by atoms with Crippen LogP contribution in [0.15, 0.2) is 79.0 Å². The maximum absolute atomic E-state index is 12.6. The number of hydrogen-bond donors (Lipinski definition) is 1. The largest absolute Gasteiger partial charge is 0.494 e. The number of carbonyl (C=O) groups excluding carboxylic acids is 1. The van der Waals surface area contributed by atoms with Gasteiger partial charge in [-0.1, -0.05) is 60.7 Å². The van der Waals surface area contributed by atoms with Crippen LogP contribution in [-0.4, -0.2) is 53.8 Å². The highest BCUT2D eigenvalue weighted by atomic mass is 16.5. The Balaban J connectivity index is 1.39. The average molecular weight is 555 g/mol. The van der Waals surface area contributed by atoms with Gasteiger partial charge in [0.05, 0.1) is 18.7 Å². The summed E-state index contributed by atoms with van der Waals surface area (Å²) in [5.41, 5.74) is 4.06. The number of para-hydroxylation sites is 2. The predicted molar refractivity (Wildman–Crippen MR) is 163 cm³/mol. The molecule has 0 atom stereocenters. The van der Waals surface area contributed by atoms with Crippen LogP contribution >= 0.6 is 0 Å². The lowest BCUT2D eigenvalue weighted by atomic mass is 10.0. The molecule has 4 aromatic rings. The number of carboxylic acid groups (broad SMARTS) is 1. The number of aromatic nitrogens is 1. The number of carbonyl (C=O) groups is 2. The summed E-state index contributed by atoms with van der Waals surface area (Å²) < 4.78 is 13.6. The van der Waals surface area contributed by atoms with Crippen molar-refractivity contribution < 1.29 is 24.2 Å². The zero-order valence-corrected chi connectivity index (χ0v) is 23.8. The Kier molecular flexibility index (Phi) is 10.6. The Bertz CT molecular complexity index is 1460. The lowest BCUT2D eigenvalue weighted by Gasteiger charge is -2.12. The molecule has 0 aliphatic rings. The fraction of sp³-hybridized carbons (Fsp3) is 0.294. The van der Waals surface area contributed by atoms with Gasteiger partial charge in [-0.3, -0.25) is 9.59 Å². The van der Waals surface area contributed by atoms with Crippen LogP contribution < -0.4 is 9.47 Å². The van der Waals surface area contributed by atoms with Gasteiger partial charge in [0.1, 0.15) is 18.0 Å². The van der Waals surface area contributed by atoms with E-state index in [9.17, 15) is 9.59 Å². The molecule has 0 aliphatic heterocycles. The number of aryl methyl sites for hydroxylation is 1. The summed E-state index contributed by atoms with van der Waals surface area (Å²) in [6.07, 6.45) is 9.23. The van der Waals surface area contributed by atoms with E-state index in [0.717, 1.165) is 51.9 Å². The fourth-order valence-electron chi connectivity index (χ4n) is 4.60. The number of aliphatic carboxylic acids is 1. The Hall–Kier alpha value is -4.52. The van der Waals surface area contributed by atoms with Crippen molar-refractivity contribution in [2.45, 2.75) is 38.6 Å². The van der Waals surface area contributed by atoms with E-state index in [1.54, 1.807) is 19.0 Å². The molecule has 0 radical (unpaired) electrons. The molecule has 7 nitrogen and oxygen atoms in total. The number of unbranched alkanes of at least 4 members (excludes halogenated alkanes) is 1. The number of amides is 1. The molecular weight excluding hydrogens is 516 g/mol. The maximum atomic E-state index is 12.6. The number of benzene rings is 3. The molecule has 0 saturated heterocycles. The van der Waals surface area contributed by atoms with Crippen LogP contribution in [0.1, 0.15) is 42.4 Å². The van der Waals surface area contributed by atoms with Gasteiger partial charge in [0.2, 0.25) is 5.91 Å². The van der Waals surface area contributed by atoms with E-state index >= 15 is 0 Å². The first kappa shape index (κ1) is 29.5. The second kappa shape index (κ2) is 14.7. The smallest absolute Gasteiger partial charge is 0.303 e. The normalized spacial score (nSPS) is 11.2. The Labute approximate surface area is 241 Å². The summed E-state index contributed by atoms with van der Waals surface area (Å²) in [5.74, 6) is 0.914. The van der Waals surface area contributed by atoms with Crippen molar-refractivity contribution in [1.82, 2.24) is 9.47 Å². The number of rotatable bonds is 15. The molecule has 0 saturated carbocycles. The molecule has 3 aromatic carbocycles. The molecule has 41 heavy (non-hydrogen) atoms. The van der Waals surface area contributed by atoms with E-state index in [1.807, 2.05) is 83.6 Å². The van der Waals surface area contributed by atoms with E-state index in [2.05, 4.69) is 12.2 Å². The van der Waals surface area contributed by atoms with E-state index in [-0.39, 0.29) is 18.9 Å². The van der Waals surface area contributed by atoms with Crippen molar-refractivity contribution in [3.8, 4) is 11.5 Å². The number of likely N-dealkylation sites (N-methyl/N-ethyl adjacent to an activating group) is 1. The average Bonchev–Trinajstić information content (AvgIpc) is 3.32. The van der Waals surface area contributed by atoms with Crippen molar-refractivity contribution in [2.24, 2.45) is 0 Å². The molecule has 1 heterocycles. The highest BCUT2D eigenvalue weighted by molar-refractivity contribution is 5.94. The number of fused-ring (bicyclic) bond motifs is 1. The number of carboxylic acids is 1. The third kappa shape index (κ3) is 8.73. The third-order valence-electron chi connectivity index (χ3n) is 6.81. The second-order valence-corrected chi connectivity index (χ2v) is 10.2. The molecule has 1 N–H and O–H groups in total. The van der Waals surface area contributed by atoms with E-state index in [4.69, 9.17) is 14.6 Å². The van der Waals surface area contributed by atoms with Gasteiger partial charge < -0.3 is 24.0 Å².